The summed E-state index contributed by atoms with van der Waals surface area (Å²) in [7, 11) is 0. The van der Waals surface area contributed by atoms with Gasteiger partial charge < -0.3 is 19.8 Å². The number of carbonyl (C=O) groups is 2. The van der Waals surface area contributed by atoms with Crippen molar-refractivity contribution in [2.45, 2.75) is 38.3 Å². The van der Waals surface area contributed by atoms with E-state index in [0.717, 1.165) is 34.0 Å². The summed E-state index contributed by atoms with van der Waals surface area (Å²) in [4.78, 5) is 28.0. The Hall–Kier alpha value is -2.42. The van der Waals surface area contributed by atoms with Crippen LogP contribution >= 0.6 is 39.1 Å². The number of esters is 1. The highest BCUT2D eigenvalue weighted by Crippen LogP contribution is 2.46. The monoisotopic (exact) mass is 633 g/mol. The number of benzene rings is 3. The third-order valence-corrected chi connectivity index (χ3v) is 8.12. The van der Waals surface area contributed by atoms with Crippen LogP contribution < -0.4 is 0 Å². The number of rotatable bonds is 8. The van der Waals surface area contributed by atoms with Gasteiger partial charge in [0.25, 0.3) is 5.91 Å². The Kier molecular flexibility index (Phi) is 9.73. The highest BCUT2D eigenvalue weighted by atomic mass is 79.9. The lowest BCUT2D eigenvalue weighted by molar-refractivity contribution is -0.144. The van der Waals surface area contributed by atoms with Crippen LogP contribution in [0.5, 0.6) is 0 Å². The molecule has 3 aromatic rings. The van der Waals surface area contributed by atoms with Gasteiger partial charge in [0.15, 0.2) is 0 Å². The van der Waals surface area contributed by atoms with Crippen LogP contribution in [0.15, 0.2) is 71.2 Å². The minimum atomic E-state index is -0.536. The Morgan fingerprint density at radius 3 is 2.13 bits per heavy atom. The fourth-order valence-corrected chi connectivity index (χ4v) is 5.26. The van der Waals surface area contributed by atoms with Crippen LogP contribution in [0.1, 0.15) is 65.3 Å². The number of nitrogens with zero attached hydrogens (tertiary/aromatic N) is 1. The summed E-state index contributed by atoms with van der Waals surface area (Å²) in [6, 6.07) is 19.4. The maximum atomic E-state index is 13.7. The molecular formula is C30H30BrCl2NO5. The first-order valence-electron chi connectivity index (χ1n) is 12.7. The normalized spacial score (nSPS) is 17.6. The second-order valence-corrected chi connectivity index (χ2v) is 11.6. The summed E-state index contributed by atoms with van der Waals surface area (Å²) in [5.41, 5.74) is 3.14. The molecule has 2 aliphatic rings. The zero-order valence-electron chi connectivity index (χ0n) is 21.4. The molecule has 1 heterocycles. The van der Waals surface area contributed by atoms with E-state index in [4.69, 9.17) is 38.2 Å². The number of aliphatic hydroxyl groups excluding tert-OH is 2. The molecule has 206 valence electrons. The molecule has 1 aliphatic carbocycles. The molecule has 2 unspecified atom stereocenters. The van der Waals surface area contributed by atoms with Crippen LogP contribution in [0, 0.1) is 5.41 Å². The number of hydrogen-bond donors (Lipinski definition) is 2. The molecule has 1 saturated carbocycles. The van der Waals surface area contributed by atoms with Gasteiger partial charge in [-0.25, -0.2) is 0 Å². The maximum Gasteiger partial charge on any atom is 0.308 e. The van der Waals surface area contributed by atoms with Gasteiger partial charge in [-0.2, -0.15) is 0 Å². The molecule has 39 heavy (non-hydrogen) atoms. The lowest BCUT2D eigenvalue weighted by Gasteiger charge is -2.34. The zero-order valence-corrected chi connectivity index (χ0v) is 24.5. The summed E-state index contributed by atoms with van der Waals surface area (Å²) >= 11 is 15.7. The minimum Gasteiger partial charge on any atom is -0.466 e. The van der Waals surface area contributed by atoms with Crippen LogP contribution in [0.4, 0.5) is 0 Å². The SMILES string of the molecule is CCOC(=O)CC(c1ccc(Cl)cc1)N1C(=O)c2cc(Br)ccc2C1c1ccc(Cl)cc1.OCC1(CO)CC1. The molecule has 0 aromatic heterocycles. The van der Waals surface area contributed by atoms with E-state index in [0.29, 0.717) is 15.6 Å². The lowest BCUT2D eigenvalue weighted by Crippen LogP contribution is -2.34. The van der Waals surface area contributed by atoms with Crippen molar-refractivity contribution in [2.24, 2.45) is 5.41 Å². The largest absolute Gasteiger partial charge is 0.466 e. The Balaban J connectivity index is 0.000000438. The second kappa shape index (κ2) is 12.8. The molecule has 0 spiro atoms. The van der Waals surface area contributed by atoms with Crippen molar-refractivity contribution < 1.29 is 24.5 Å². The summed E-state index contributed by atoms with van der Waals surface area (Å²) < 4.78 is 6.05. The predicted molar refractivity (Wildman–Crippen MR) is 155 cm³/mol. The van der Waals surface area contributed by atoms with Crippen molar-refractivity contribution in [1.82, 2.24) is 4.90 Å². The van der Waals surface area contributed by atoms with Crippen molar-refractivity contribution in [3.05, 3.63) is 104 Å². The third-order valence-electron chi connectivity index (χ3n) is 7.12. The van der Waals surface area contributed by atoms with Crippen molar-refractivity contribution in [2.75, 3.05) is 19.8 Å². The van der Waals surface area contributed by atoms with E-state index in [2.05, 4.69) is 15.9 Å². The third kappa shape index (κ3) is 6.84. The molecule has 2 N–H and O–H groups in total. The average Bonchev–Trinajstić information content (AvgIpc) is 3.68. The summed E-state index contributed by atoms with van der Waals surface area (Å²) in [5, 5.41) is 18.2. The van der Waals surface area contributed by atoms with E-state index in [1.54, 1.807) is 36.1 Å². The van der Waals surface area contributed by atoms with Crippen LogP contribution in [-0.4, -0.2) is 46.8 Å². The van der Waals surface area contributed by atoms with E-state index < -0.39 is 6.04 Å². The molecule has 1 fully saturated rings. The average molecular weight is 635 g/mol. The number of hydrogen-bond acceptors (Lipinski definition) is 5. The smallest absolute Gasteiger partial charge is 0.308 e. The first kappa shape index (κ1) is 29.6. The van der Waals surface area contributed by atoms with Crippen molar-refractivity contribution >= 4 is 51.0 Å². The maximum absolute atomic E-state index is 13.7. The highest BCUT2D eigenvalue weighted by Gasteiger charge is 2.43. The van der Waals surface area contributed by atoms with E-state index in [-0.39, 0.29) is 49.6 Å². The molecule has 1 aliphatic heterocycles. The first-order valence-corrected chi connectivity index (χ1v) is 14.3. The van der Waals surface area contributed by atoms with Crippen molar-refractivity contribution in [3.8, 4) is 0 Å². The van der Waals surface area contributed by atoms with E-state index in [9.17, 15) is 9.59 Å². The number of carbonyl (C=O) groups excluding carboxylic acids is 2. The fraction of sp³-hybridized carbons (Fsp3) is 0.333. The van der Waals surface area contributed by atoms with Gasteiger partial charge in [0.05, 0.1) is 38.3 Å². The molecule has 0 bridgehead atoms. The Morgan fingerprint density at radius 2 is 1.62 bits per heavy atom. The van der Waals surface area contributed by atoms with E-state index in [1.165, 1.54) is 0 Å². The second-order valence-electron chi connectivity index (χ2n) is 9.79. The molecule has 0 saturated heterocycles. The lowest BCUT2D eigenvalue weighted by atomic mass is 9.95. The highest BCUT2D eigenvalue weighted by molar-refractivity contribution is 9.10. The van der Waals surface area contributed by atoms with Gasteiger partial charge in [-0.1, -0.05) is 69.5 Å². The number of amides is 1. The Labute approximate surface area is 246 Å². The minimum absolute atomic E-state index is 0.0282. The molecule has 6 nitrogen and oxygen atoms in total. The van der Waals surface area contributed by atoms with Crippen molar-refractivity contribution in [1.29, 1.82) is 0 Å². The number of halogens is 3. The molecule has 5 rings (SSSR count). The molecule has 9 heteroatoms. The van der Waals surface area contributed by atoms with Crippen molar-refractivity contribution in [3.63, 3.8) is 0 Å². The number of fused-ring (bicyclic) bond motifs is 1. The van der Waals surface area contributed by atoms with Gasteiger partial charge in [-0.15, -0.1) is 0 Å². The Morgan fingerprint density at radius 1 is 1.03 bits per heavy atom. The molecule has 0 radical (unpaired) electrons. The van der Waals surface area contributed by atoms with Gasteiger partial charge >= 0.3 is 5.97 Å². The van der Waals surface area contributed by atoms with Gasteiger partial charge in [0, 0.05) is 25.5 Å². The standard InChI is InChI=1S/C25H20BrCl2NO3.C5H10O2/c1-2-32-23(30)14-22(15-3-8-18(27)9-4-15)29-24(16-5-10-19(28)11-6-16)20-12-7-17(26)13-21(20)25(29)31;6-3-5(4-7)1-2-5/h3-13,22,24H,2,14H2,1H3;6-7H,1-4H2. The number of ether oxygens (including phenoxy) is 1. The van der Waals surface area contributed by atoms with Gasteiger partial charge in [0.2, 0.25) is 0 Å². The fourth-order valence-electron chi connectivity index (χ4n) is 4.65. The molecule has 2 atom stereocenters. The number of aliphatic hydroxyl groups is 2. The van der Waals surface area contributed by atoms with Crippen LogP contribution in [0.2, 0.25) is 10.0 Å². The first-order chi connectivity index (χ1) is 18.7. The van der Waals surface area contributed by atoms with Crippen LogP contribution in [-0.2, 0) is 9.53 Å². The molecule has 1 amide bonds. The quantitative estimate of drug-likeness (QED) is 0.268. The summed E-state index contributed by atoms with van der Waals surface area (Å²) in [5.74, 6) is -0.516. The zero-order chi connectivity index (χ0) is 28.2. The van der Waals surface area contributed by atoms with Crippen LogP contribution in [0.3, 0.4) is 0 Å². The van der Waals surface area contributed by atoms with Gasteiger partial charge in [0.1, 0.15) is 0 Å². The molecular weight excluding hydrogens is 605 g/mol. The predicted octanol–water partition coefficient (Wildman–Crippen LogP) is 6.75. The van der Waals surface area contributed by atoms with E-state index in [1.807, 2.05) is 42.5 Å². The van der Waals surface area contributed by atoms with Gasteiger partial charge in [-0.05, 0) is 72.9 Å². The summed E-state index contributed by atoms with van der Waals surface area (Å²) in [6.07, 6.45) is 2.03. The molecule has 3 aromatic carbocycles. The van der Waals surface area contributed by atoms with Gasteiger partial charge in [-0.3, -0.25) is 9.59 Å². The van der Waals surface area contributed by atoms with Crippen LogP contribution in [0.25, 0.3) is 0 Å². The topological polar surface area (TPSA) is 87.1 Å². The Bertz CT molecular complexity index is 1310. The summed E-state index contributed by atoms with van der Waals surface area (Å²) in [6.45, 7) is 2.35. The van der Waals surface area contributed by atoms with E-state index >= 15 is 0 Å².